The summed E-state index contributed by atoms with van der Waals surface area (Å²) < 4.78 is 6.69. The van der Waals surface area contributed by atoms with Gasteiger partial charge in [0.25, 0.3) is 5.91 Å². The number of aromatic amines is 1. The number of carbonyl (C=O) groups excluding carboxylic acids is 1. The number of anilines is 1. The summed E-state index contributed by atoms with van der Waals surface area (Å²) in [7, 11) is 1.57. The third kappa shape index (κ3) is 3.76. The highest BCUT2D eigenvalue weighted by atomic mass is 35.5. The van der Waals surface area contributed by atoms with Gasteiger partial charge in [0.1, 0.15) is 10.8 Å². The quantitative estimate of drug-likeness (QED) is 0.487. The number of halogens is 1. The summed E-state index contributed by atoms with van der Waals surface area (Å²) in [5.41, 5.74) is 3.21. The van der Waals surface area contributed by atoms with E-state index in [1.807, 2.05) is 24.3 Å². The number of aromatic nitrogens is 4. The van der Waals surface area contributed by atoms with Crippen molar-refractivity contribution in [3.63, 3.8) is 0 Å². The Balaban J connectivity index is 1.61. The molecule has 30 heavy (non-hydrogen) atoms. The van der Waals surface area contributed by atoms with Crippen molar-refractivity contribution in [3.8, 4) is 17.1 Å². The fraction of sp³-hybridized carbons (Fsp3) is 0.227. The standard InChI is InChI=1S/C22H22ClN5O2/c1-22(2,3)18-17(23)20-25-19(27-28(20)26-18)13-7-5-9-15(11-13)24-21(29)14-8-6-10-16(12-14)30-4/h5-12H,1-4H3,(H,24,29)(H,25,27). The van der Waals surface area contributed by atoms with Gasteiger partial charge in [-0.25, -0.2) is 0 Å². The van der Waals surface area contributed by atoms with Gasteiger partial charge in [-0.1, -0.05) is 50.6 Å². The molecule has 4 rings (SSSR count). The fourth-order valence-electron chi connectivity index (χ4n) is 3.12. The van der Waals surface area contributed by atoms with E-state index in [1.165, 1.54) is 4.63 Å². The highest BCUT2D eigenvalue weighted by Gasteiger charge is 2.25. The van der Waals surface area contributed by atoms with E-state index < -0.39 is 0 Å². The van der Waals surface area contributed by atoms with Crippen LogP contribution in [0.3, 0.4) is 0 Å². The minimum absolute atomic E-state index is 0.184. The maximum Gasteiger partial charge on any atom is 0.255 e. The van der Waals surface area contributed by atoms with Crippen LogP contribution >= 0.6 is 11.6 Å². The molecule has 0 aliphatic rings. The third-order valence-corrected chi connectivity index (χ3v) is 5.04. The second kappa shape index (κ2) is 7.50. The van der Waals surface area contributed by atoms with E-state index in [0.29, 0.717) is 33.5 Å². The second-order valence-electron chi connectivity index (χ2n) is 7.99. The number of rotatable bonds is 4. The molecule has 0 radical (unpaired) electrons. The Morgan fingerprint density at radius 1 is 1.13 bits per heavy atom. The van der Waals surface area contributed by atoms with Crippen LogP contribution in [0.1, 0.15) is 36.8 Å². The number of benzene rings is 2. The summed E-state index contributed by atoms with van der Waals surface area (Å²) in [6.45, 7) is 6.15. The smallest absolute Gasteiger partial charge is 0.255 e. The van der Waals surface area contributed by atoms with E-state index in [-0.39, 0.29) is 11.3 Å². The molecule has 1 amide bonds. The molecule has 0 fully saturated rings. The van der Waals surface area contributed by atoms with Crippen molar-refractivity contribution < 1.29 is 9.53 Å². The molecule has 0 saturated heterocycles. The van der Waals surface area contributed by atoms with Gasteiger partial charge in [0.2, 0.25) is 0 Å². The Kier molecular flexibility index (Phi) is 4.99. The molecule has 4 aromatic rings. The topological polar surface area (TPSA) is 84.3 Å². The zero-order valence-corrected chi connectivity index (χ0v) is 17.9. The van der Waals surface area contributed by atoms with Gasteiger partial charge in [-0.3, -0.25) is 4.79 Å². The largest absolute Gasteiger partial charge is 0.497 e. The molecule has 154 valence electrons. The molecule has 2 aromatic heterocycles. The molecule has 0 bridgehead atoms. The average Bonchev–Trinajstić information content (AvgIpc) is 3.27. The summed E-state index contributed by atoms with van der Waals surface area (Å²) in [5, 5.41) is 12.5. The van der Waals surface area contributed by atoms with Gasteiger partial charge in [-0.2, -0.15) is 5.10 Å². The minimum Gasteiger partial charge on any atom is -0.497 e. The van der Waals surface area contributed by atoms with Crippen LogP contribution in [-0.4, -0.2) is 32.8 Å². The van der Waals surface area contributed by atoms with E-state index in [2.05, 4.69) is 41.3 Å². The van der Waals surface area contributed by atoms with Crippen LogP contribution in [0.25, 0.3) is 17.0 Å². The van der Waals surface area contributed by atoms with Crippen molar-refractivity contribution in [1.29, 1.82) is 0 Å². The number of nitrogens with one attached hydrogen (secondary N) is 2. The highest BCUT2D eigenvalue weighted by molar-refractivity contribution is 6.34. The lowest BCUT2D eigenvalue weighted by atomic mass is 9.92. The summed E-state index contributed by atoms with van der Waals surface area (Å²) in [5.74, 6) is 1.01. The van der Waals surface area contributed by atoms with E-state index in [4.69, 9.17) is 16.3 Å². The van der Waals surface area contributed by atoms with Crippen LogP contribution in [-0.2, 0) is 5.41 Å². The van der Waals surface area contributed by atoms with Crippen LogP contribution in [0.5, 0.6) is 5.75 Å². The Hall–Kier alpha value is -3.32. The molecule has 0 aliphatic carbocycles. The Bertz CT molecular complexity index is 1240. The first-order valence-corrected chi connectivity index (χ1v) is 9.85. The number of amides is 1. The average molecular weight is 424 g/mol. The Morgan fingerprint density at radius 2 is 1.90 bits per heavy atom. The molecule has 2 N–H and O–H groups in total. The van der Waals surface area contributed by atoms with Crippen LogP contribution < -0.4 is 10.1 Å². The SMILES string of the molecule is COc1cccc(C(=O)Nc2cccc(-c3nn4nc(C(C)(C)C)c(Cl)c4[nH]3)c2)c1. The number of hydrogen-bond acceptors (Lipinski definition) is 4. The number of ether oxygens (including phenoxy) is 1. The minimum atomic E-state index is -0.224. The molecule has 0 aliphatic heterocycles. The monoisotopic (exact) mass is 423 g/mol. The summed E-state index contributed by atoms with van der Waals surface area (Å²) in [4.78, 5) is 15.8. The van der Waals surface area contributed by atoms with Gasteiger partial charge in [0, 0.05) is 22.2 Å². The molecule has 2 heterocycles. The molecule has 8 heteroatoms. The number of methoxy groups -OCH3 is 1. The molecule has 2 aromatic carbocycles. The second-order valence-corrected chi connectivity index (χ2v) is 8.37. The first-order valence-electron chi connectivity index (χ1n) is 9.47. The maximum absolute atomic E-state index is 12.6. The van der Waals surface area contributed by atoms with Gasteiger partial charge >= 0.3 is 0 Å². The number of hydrogen-bond donors (Lipinski definition) is 2. The van der Waals surface area contributed by atoms with Gasteiger partial charge in [0.05, 0.1) is 12.8 Å². The lowest BCUT2D eigenvalue weighted by molar-refractivity contribution is 0.102. The Labute approximate surface area is 179 Å². The van der Waals surface area contributed by atoms with E-state index in [9.17, 15) is 4.79 Å². The van der Waals surface area contributed by atoms with Crippen LogP contribution in [0.4, 0.5) is 5.69 Å². The molecule has 0 unspecified atom stereocenters. The maximum atomic E-state index is 12.6. The fourth-order valence-corrected chi connectivity index (χ4v) is 3.56. The van der Waals surface area contributed by atoms with Gasteiger partial charge in [-0.05, 0) is 30.3 Å². The van der Waals surface area contributed by atoms with Gasteiger partial charge in [-0.15, -0.1) is 9.73 Å². The van der Waals surface area contributed by atoms with E-state index in [0.717, 1.165) is 11.3 Å². The zero-order chi connectivity index (χ0) is 21.5. The lowest BCUT2D eigenvalue weighted by Gasteiger charge is -2.14. The predicted octanol–water partition coefficient (Wildman–Crippen LogP) is 4.94. The van der Waals surface area contributed by atoms with Crippen LogP contribution in [0.15, 0.2) is 48.5 Å². The number of carbonyl (C=O) groups is 1. The molecule has 0 spiro atoms. The van der Waals surface area contributed by atoms with Crippen molar-refractivity contribution in [2.24, 2.45) is 0 Å². The molecule has 0 atom stereocenters. The van der Waals surface area contributed by atoms with Crippen molar-refractivity contribution in [2.45, 2.75) is 26.2 Å². The summed E-state index contributed by atoms with van der Waals surface area (Å²) in [6.07, 6.45) is 0. The van der Waals surface area contributed by atoms with Crippen LogP contribution in [0, 0.1) is 0 Å². The molecular weight excluding hydrogens is 402 g/mol. The van der Waals surface area contributed by atoms with Crippen molar-refractivity contribution in [1.82, 2.24) is 19.8 Å². The zero-order valence-electron chi connectivity index (χ0n) is 17.2. The highest BCUT2D eigenvalue weighted by Crippen LogP contribution is 2.32. The Morgan fingerprint density at radius 3 is 2.60 bits per heavy atom. The van der Waals surface area contributed by atoms with Crippen molar-refractivity contribution in [2.75, 3.05) is 12.4 Å². The number of nitrogens with zero attached hydrogens (tertiary/aromatic N) is 3. The number of H-pyrrole nitrogens is 1. The molecule has 7 nitrogen and oxygen atoms in total. The van der Waals surface area contributed by atoms with Gasteiger partial charge < -0.3 is 15.0 Å². The van der Waals surface area contributed by atoms with Crippen molar-refractivity contribution >= 4 is 28.8 Å². The number of fused-ring (bicyclic) bond motifs is 1. The molecule has 0 saturated carbocycles. The lowest BCUT2D eigenvalue weighted by Crippen LogP contribution is -2.13. The van der Waals surface area contributed by atoms with E-state index >= 15 is 0 Å². The normalized spacial score (nSPS) is 11.6. The first kappa shape index (κ1) is 20.0. The van der Waals surface area contributed by atoms with Crippen molar-refractivity contribution in [3.05, 3.63) is 64.8 Å². The van der Waals surface area contributed by atoms with E-state index in [1.54, 1.807) is 31.4 Å². The van der Waals surface area contributed by atoms with Crippen LogP contribution in [0.2, 0.25) is 5.02 Å². The summed E-state index contributed by atoms with van der Waals surface area (Å²) >= 11 is 6.51. The molecular formula is C22H22ClN5O2. The third-order valence-electron chi connectivity index (χ3n) is 4.68. The van der Waals surface area contributed by atoms with Gasteiger partial charge in [0.15, 0.2) is 11.5 Å². The summed E-state index contributed by atoms with van der Waals surface area (Å²) in [6, 6.07) is 14.4. The first-order chi connectivity index (χ1) is 14.3. The predicted molar refractivity (Wildman–Crippen MR) is 117 cm³/mol.